The molecule has 2 rings (SSSR count). The first-order valence-electron chi connectivity index (χ1n) is 6.05. The number of nitro benzene ring substituents is 1. The fourth-order valence-corrected chi connectivity index (χ4v) is 1.85. The van der Waals surface area contributed by atoms with Crippen LogP contribution in [0.15, 0.2) is 30.6 Å². The van der Waals surface area contributed by atoms with Gasteiger partial charge in [-0.05, 0) is 26.1 Å². The number of aromatic nitrogens is 1. The van der Waals surface area contributed by atoms with Crippen LogP contribution in [-0.4, -0.2) is 29.5 Å². The molecule has 19 heavy (non-hydrogen) atoms. The molecule has 0 aliphatic rings. The molecule has 100 valence electrons. The van der Waals surface area contributed by atoms with Gasteiger partial charge in [0.05, 0.1) is 10.3 Å². The molecule has 2 N–H and O–H groups in total. The SMILES string of the molecule is CNC(C)CNc1ccc([N+](=O)[O-])c2cnccc12. The number of hydrogen-bond donors (Lipinski definition) is 2. The third kappa shape index (κ3) is 2.79. The van der Waals surface area contributed by atoms with Crippen molar-refractivity contribution in [2.24, 2.45) is 0 Å². The average molecular weight is 260 g/mol. The molecule has 1 unspecified atom stereocenters. The Morgan fingerprint density at radius 2 is 2.16 bits per heavy atom. The Bertz CT molecular complexity index is 600. The molecule has 0 radical (unpaired) electrons. The van der Waals surface area contributed by atoms with Crippen molar-refractivity contribution in [2.45, 2.75) is 13.0 Å². The molecule has 1 aromatic heterocycles. The summed E-state index contributed by atoms with van der Waals surface area (Å²) >= 11 is 0. The maximum Gasteiger partial charge on any atom is 0.278 e. The quantitative estimate of drug-likeness (QED) is 0.636. The van der Waals surface area contributed by atoms with Gasteiger partial charge in [-0.15, -0.1) is 0 Å². The number of benzene rings is 1. The number of rotatable bonds is 5. The van der Waals surface area contributed by atoms with Crippen LogP contribution in [0.4, 0.5) is 11.4 Å². The molecule has 0 fully saturated rings. The highest BCUT2D eigenvalue weighted by Crippen LogP contribution is 2.30. The Morgan fingerprint density at radius 1 is 1.37 bits per heavy atom. The zero-order valence-corrected chi connectivity index (χ0v) is 10.9. The number of nitrogens with zero attached hydrogens (tertiary/aromatic N) is 2. The molecule has 0 bridgehead atoms. The van der Waals surface area contributed by atoms with Gasteiger partial charge in [0.1, 0.15) is 0 Å². The molecule has 0 saturated heterocycles. The first-order valence-corrected chi connectivity index (χ1v) is 6.05. The maximum atomic E-state index is 11.0. The van der Waals surface area contributed by atoms with Crippen molar-refractivity contribution in [3.63, 3.8) is 0 Å². The minimum absolute atomic E-state index is 0.0790. The van der Waals surface area contributed by atoms with E-state index in [1.165, 1.54) is 12.3 Å². The Labute approximate surface area is 111 Å². The minimum Gasteiger partial charge on any atom is -0.383 e. The lowest BCUT2D eigenvalue weighted by atomic mass is 10.1. The number of hydrogen-bond acceptors (Lipinski definition) is 5. The van der Waals surface area contributed by atoms with E-state index in [0.29, 0.717) is 11.4 Å². The van der Waals surface area contributed by atoms with Crippen LogP contribution in [0, 0.1) is 10.1 Å². The van der Waals surface area contributed by atoms with Gasteiger partial charge in [-0.2, -0.15) is 0 Å². The number of nitrogens with one attached hydrogen (secondary N) is 2. The fraction of sp³-hybridized carbons (Fsp3) is 0.308. The molecule has 0 aliphatic heterocycles. The Morgan fingerprint density at radius 3 is 2.84 bits per heavy atom. The van der Waals surface area contributed by atoms with Gasteiger partial charge >= 0.3 is 0 Å². The highest BCUT2D eigenvalue weighted by molar-refractivity contribution is 5.99. The standard InChI is InChI=1S/C13H16N4O2/c1-9(14-2)7-16-12-3-4-13(17(18)19)11-8-15-6-5-10(11)12/h3-6,8-9,14,16H,7H2,1-2H3. The summed E-state index contributed by atoms with van der Waals surface area (Å²) in [5.74, 6) is 0. The van der Waals surface area contributed by atoms with E-state index in [2.05, 4.69) is 22.5 Å². The largest absolute Gasteiger partial charge is 0.383 e. The summed E-state index contributed by atoms with van der Waals surface area (Å²) < 4.78 is 0. The normalized spacial score (nSPS) is 12.3. The molecule has 1 aromatic carbocycles. The predicted octanol–water partition coefficient (Wildman–Crippen LogP) is 2.16. The van der Waals surface area contributed by atoms with E-state index in [1.807, 2.05) is 7.05 Å². The molecule has 0 amide bonds. The molecule has 0 spiro atoms. The molecular weight excluding hydrogens is 244 g/mol. The van der Waals surface area contributed by atoms with Crippen LogP contribution in [0.5, 0.6) is 0 Å². The summed E-state index contributed by atoms with van der Waals surface area (Å²) in [6.45, 7) is 2.80. The second kappa shape index (κ2) is 5.62. The van der Waals surface area contributed by atoms with Crippen molar-refractivity contribution in [1.82, 2.24) is 10.3 Å². The molecule has 6 heteroatoms. The van der Waals surface area contributed by atoms with Gasteiger partial charge in [0, 0.05) is 42.1 Å². The smallest absolute Gasteiger partial charge is 0.278 e. The van der Waals surface area contributed by atoms with Crippen LogP contribution < -0.4 is 10.6 Å². The number of fused-ring (bicyclic) bond motifs is 1. The lowest BCUT2D eigenvalue weighted by molar-refractivity contribution is -0.383. The second-order valence-electron chi connectivity index (χ2n) is 4.38. The maximum absolute atomic E-state index is 11.0. The first kappa shape index (κ1) is 13.2. The molecule has 6 nitrogen and oxygen atoms in total. The molecular formula is C13H16N4O2. The Balaban J connectivity index is 2.41. The molecule has 1 atom stereocenters. The van der Waals surface area contributed by atoms with Crippen molar-refractivity contribution in [1.29, 1.82) is 0 Å². The summed E-state index contributed by atoms with van der Waals surface area (Å²) in [5.41, 5.74) is 0.959. The van der Waals surface area contributed by atoms with Crippen LogP contribution in [-0.2, 0) is 0 Å². The predicted molar refractivity (Wildman–Crippen MR) is 75.4 cm³/mol. The molecule has 0 aliphatic carbocycles. The van der Waals surface area contributed by atoms with Crippen LogP contribution in [0.1, 0.15) is 6.92 Å². The van der Waals surface area contributed by atoms with Crippen molar-refractivity contribution < 1.29 is 4.92 Å². The monoisotopic (exact) mass is 260 g/mol. The van der Waals surface area contributed by atoms with Crippen molar-refractivity contribution in [3.8, 4) is 0 Å². The van der Waals surface area contributed by atoms with E-state index in [4.69, 9.17) is 0 Å². The number of pyridine rings is 1. The van der Waals surface area contributed by atoms with Crippen LogP contribution >= 0.6 is 0 Å². The number of likely N-dealkylation sites (N-methyl/N-ethyl adjacent to an activating group) is 1. The topological polar surface area (TPSA) is 80.1 Å². The highest BCUT2D eigenvalue weighted by Gasteiger charge is 2.14. The Kier molecular flexibility index (Phi) is 3.91. The zero-order chi connectivity index (χ0) is 13.8. The highest BCUT2D eigenvalue weighted by atomic mass is 16.6. The van der Waals surface area contributed by atoms with Crippen LogP contribution in [0.25, 0.3) is 10.8 Å². The molecule has 0 saturated carbocycles. The van der Waals surface area contributed by atoms with Crippen molar-refractivity contribution in [2.75, 3.05) is 18.9 Å². The second-order valence-corrected chi connectivity index (χ2v) is 4.38. The van der Waals surface area contributed by atoms with E-state index in [9.17, 15) is 10.1 Å². The fourth-order valence-electron chi connectivity index (χ4n) is 1.85. The summed E-state index contributed by atoms with van der Waals surface area (Å²) in [6, 6.07) is 5.35. The van der Waals surface area contributed by atoms with Crippen LogP contribution in [0.2, 0.25) is 0 Å². The van der Waals surface area contributed by atoms with Crippen molar-refractivity contribution in [3.05, 3.63) is 40.7 Å². The van der Waals surface area contributed by atoms with Gasteiger partial charge in [-0.1, -0.05) is 0 Å². The summed E-state index contributed by atoms with van der Waals surface area (Å²) in [5, 5.41) is 18.8. The molecule has 2 aromatic rings. The van der Waals surface area contributed by atoms with Gasteiger partial charge in [0.25, 0.3) is 5.69 Å². The third-order valence-corrected chi connectivity index (χ3v) is 3.08. The summed E-state index contributed by atoms with van der Waals surface area (Å²) in [7, 11) is 1.89. The van der Waals surface area contributed by atoms with E-state index in [1.54, 1.807) is 18.3 Å². The van der Waals surface area contributed by atoms with Gasteiger partial charge in [-0.3, -0.25) is 15.1 Å². The van der Waals surface area contributed by atoms with Crippen LogP contribution in [0.3, 0.4) is 0 Å². The lowest BCUT2D eigenvalue weighted by Crippen LogP contribution is -2.29. The molecule has 1 heterocycles. The van der Waals surface area contributed by atoms with Gasteiger partial charge in [0.15, 0.2) is 0 Å². The number of nitro groups is 1. The van der Waals surface area contributed by atoms with E-state index in [-0.39, 0.29) is 10.6 Å². The average Bonchev–Trinajstić information content (AvgIpc) is 2.43. The number of non-ortho nitro benzene ring substituents is 1. The zero-order valence-electron chi connectivity index (χ0n) is 10.9. The van der Waals surface area contributed by atoms with Gasteiger partial charge in [0.2, 0.25) is 0 Å². The summed E-state index contributed by atoms with van der Waals surface area (Å²) in [6.07, 6.45) is 3.17. The Hall–Kier alpha value is -2.21. The van der Waals surface area contributed by atoms with E-state index in [0.717, 1.165) is 17.6 Å². The van der Waals surface area contributed by atoms with Gasteiger partial charge in [-0.25, -0.2) is 0 Å². The van der Waals surface area contributed by atoms with E-state index >= 15 is 0 Å². The van der Waals surface area contributed by atoms with Crippen molar-refractivity contribution >= 4 is 22.1 Å². The first-order chi connectivity index (χ1) is 9.13. The lowest BCUT2D eigenvalue weighted by Gasteiger charge is -2.14. The van der Waals surface area contributed by atoms with E-state index < -0.39 is 0 Å². The minimum atomic E-state index is -0.385. The van der Waals surface area contributed by atoms with Gasteiger partial charge < -0.3 is 10.6 Å². The number of anilines is 1. The summed E-state index contributed by atoms with van der Waals surface area (Å²) in [4.78, 5) is 14.6. The third-order valence-electron chi connectivity index (χ3n) is 3.08.